The van der Waals surface area contributed by atoms with E-state index in [2.05, 4.69) is 15.6 Å². The van der Waals surface area contributed by atoms with E-state index in [4.69, 9.17) is 9.84 Å². The first kappa shape index (κ1) is 19.1. The first-order chi connectivity index (χ1) is 12.5. The van der Waals surface area contributed by atoms with E-state index in [1.165, 1.54) is 16.2 Å². The number of carboxylic acids is 1. The molecule has 0 unspecified atom stereocenters. The third-order valence-corrected chi connectivity index (χ3v) is 6.15. The Balaban J connectivity index is 1.41. The van der Waals surface area contributed by atoms with Gasteiger partial charge in [0.2, 0.25) is 0 Å². The van der Waals surface area contributed by atoms with Gasteiger partial charge in [-0.25, -0.2) is 9.78 Å². The summed E-state index contributed by atoms with van der Waals surface area (Å²) < 4.78 is 5.38. The Morgan fingerprint density at radius 1 is 1.38 bits per heavy atom. The molecule has 0 aromatic carbocycles. The molecule has 1 saturated heterocycles. The number of likely N-dealkylation sites (N-methyl/N-ethyl adjacent to an activating group) is 1. The van der Waals surface area contributed by atoms with Crippen LogP contribution in [0.4, 0.5) is 9.93 Å². The van der Waals surface area contributed by atoms with Gasteiger partial charge in [-0.3, -0.25) is 15.0 Å². The molecule has 0 atom stereocenters. The lowest BCUT2D eigenvalue weighted by Gasteiger charge is -2.42. The number of urea groups is 1. The molecule has 2 aliphatic rings. The van der Waals surface area contributed by atoms with Crippen molar-refractivity contribution in [1.29, 1.82) is 0 Å². The number of carbonyl (C=O) groups is 2. The number of ether oxygens (including phenoxy) is 1. The summed E-state index contributed by atoms with van der Waals surface area (Å²) in [5, 5.41) is 15.3. The van der Waals surface area contributed by atoms with Gasteiger partial charge in [-0.15, -0.1) is 11.3 Å². The third kappa shape index (κ3) is 4.93. The Kier molecular flexibility index (Phi) is 6.44. The Morgan fingerprint density at radius 2 is 2.12 bits per heavy atom. The van der Waals surface area contributed by atoms with Gasteiger partial charge in [0.25, 0.3) is 0 Å². The average molecular weight is 382 g/mol. The molecule has 1 saturated carbocycles. The summed E-state index contributed by atoms with van der Waals surface area (Å²) in [5.41, 5.74) is 0. The van der Waals surface area contributed by atoms with Crippen LogP contribution in [0.2, 0.25) is 0 Å². The highest BCUT2D eigenvalue weighted by Crippen LogP contribution is 2.32. The van der Waals surface area contributed by atoms with Crippen molar-refractivity contribution in [2.24, 2.45) is 0 Å². The molecule has 1 aliphatic carbocycles. The van der Waals surface area contributed by atoms with Gasteiger partial charge in [0.1, 0.15) is 0 Å². The zero-order valence-electron chi connectivity index (χ0n) is 14.9. The van der Waals surface area contributed by atoms with E-state index in [0.717, 1.165) is 38.9 Å². The molecule has 3 N–H and O–H groups in total. The maximum absolute atomic E-state index is 12.1. The van der Waals surface area contributed by atoms with Gasteiger partial charge < -0.3 is 15.2 Å². The second kappa shape index (κ2) is 8.79. The lowest BCUT2D eigenvalue weighted by molar-refractivity contribution is -0.139. The van der Waals surface area contributed by atoms with Gasteiger partial charge in [0.05, 0.1) is 6.54 Å². The molecule has 0 radical (unpaired) electrons. The highest BCUT2D eigenvalue weighted by Gasteiger charge is 2.34. The Morgan fingerprint density at radius 3 is 2.77 bits per heavy atom. The van der Waals surface area contributed by atoms with E-state index in [1.54, 1.807) is 0 Å². The Hall–Kier alpha value is -1.71. The molecular weight excluding hydrogens is 356 g/mol. The molecule has 2 amide bonds. The molecule has 3 rings (SSSR count). The van der Waals surface area contributed by atoms with Crippen LogP contribution >= 0.6 is 11.3 Å². The zero-order valence-corrected chi connectivity index (χ0v) is 15.8. The quantitative estimate of drug-likeness (QED) is 0.667. The molecule has 2 heterocycles. The largest absolute Gasteiger partial charge is 0.480 e. The first-order valence-corrected chi connectivity index (χ1v) is 9.93. The van der Waals surface area contributed by atoms with Crippen LogP contribution in [0.15, 0.2) is 6.20 Å². The lowest BCUT2D eigenvalue weighted by atomic mass is 9.85. The topological polar surface area (TPSA) is 104 Å². The first-order valence-electron chi connectivity index (χ1n) is 9.12. The highest BCUT2D eigenvalue weighted by atomic mass is 32.1. The second-order valence-electron chi connectivity index (χ2n) is 6.83. The van der Waals surface area contributed by atoms with Crippen LogP contribution in [-0.2, 0) is 9.53 Å². The van der Waals surface area contributed by atoms with E-state index < -0.39 is 5.97 Å². The number of thiazole rings is 1. The normalized spacial score (nSPS) is 23.5. The van der Waals surface area contributed by atoms with Crippen LogP contribution in [0.5, 0.6) is 0 Å². The number of nitrogens with zero attached hydrogens (tertiary/aromatic N) is 2. The molecular formula is C17H26N4O4S. The summed E-state index contributed by atoms with van der Waals surface area (Å²) >= 11 is 1.52. The molecule has 26 heavy (non-hydrogen) atoms. The maximum Gasteiger partial charge on any atom is 0.321 e. The molecule has 2 fully saturated rings. The van der Waals surface area contributed by atoms with Crippen LogP contribution in [0.25, 0.3) is 0 Å². The van der Waals surface area contributed by atoms with Crippen molar-refractivity contribution in [3.8, 4) is 0 Å². The maximum atomic E-state index is 12.1. The lowest BCUT2D eigenvalue weighted by Crippen LogP contribution is -2.55. The van der Waals surface area contributed by atoms with Crippen molar-refractivity contribution in [3.63, 3.8) is 0 Å². The second-order valence-corrected chi connectivity index (χ2v) is 7.89. The summed E-state index contributed by atoms with van der Waals surface area (Å²) in [6.45, 7) is 4.27. The predicted molar refractivity (Wildman–Crippen MR) is 98.8 cm³/mol. The van der Waals surface area contributed by atoms with Crippen molar-refractivity contribution >= 4 is 28.5 Å². The van der Waals surface area contributed by atoms with Crippen molar-refractivity contribution in [2.75, 3.05) is 31.6 Å². The molecule has 0 bridgehead atoms. The number of hydrogen-bond acceptors (Lipinski definition) is 6. The number of anilines is 1. The molecule has 1 aliphatic heterocycles. The fourth-order valence-electron chi connectivity index (χ4n) is 3.51. The van der Waals surface area contributed by atoms with Crippen molar-refractivity contribution in [3.05, 3.63) is 11.1 Å². The van der Waals surface area contributed by atoms with E-state index in [-0.39, 0.29) is 24.7 Å². The monoisotopic (exact) mass is 382 g/mol. The van der Waals surface area contributed by atoms with Crippen LogP contribution in [0.3, 0.4) is 0 Å². The van der Waals surface area contributed by atoms with Gasteiger partial charge in [0, 0.05) is 36.4 Å². The predicted octanol–water partition coefficient (Wildman–Crippen LogP) is 2.10. The zero-order chi connectivity index (χ0) is 18.5. The van der Waals surface area contributed by atoms with Gasteiger partial charge in [0.15, 0.2) is 5.13 Å². The standard InChI is InChI=1S/C17H26N4O4S/c1-2-21(10-15(22)23)13-7-12(8-13)19-16(24)20-17-18-9-14(26-17)11-3-5-25-6-4-11/h9,11-13H,2-8,10H2,1H3,(H,22,23)(H2,18,19,20,24). The number of aliphatic carboxylic acids is 1. The molecule has 1 aromatic rings. The number of aromatic nitrogens is 1. The minimum Gasteiger partial charge on any atom is -0.480 e. The van der Waals surface area contributed by atoms with E-state index in [0.29, 0.717) is 17.6 Å². The minimum atomic E-state index is -0.815. The van der Waals surface area contributed by atoms with E-state index >= 15 is 0 Å². The van der Waals surface area contributed by atoms with Gasteiger partial charge in [-0.2, -0.15) is 0 Å². The SMILES string of the molecule is CCN(CC(=O)O)C1CC(NC(=O)Nc2ncc(C3CCOCC3)s2)C1. The fourth-order valence-corrected chi connectivity index (χ4v) is 4.49. The molecule has 0 spiro atoms. The number of carboxylic acid groups (broad SMARTS) is 1. The molecule has 1 aromatic heterocycles. The summed E-state index contributed by atoms with van der Waals surface area (Å²) in [6, 6.07) is 0.0572. The van der Waals surface area contributed by atoms with Crippen LogP contribution in [-0.4, -0.2) is 65.4 Å². The van der Waals surface area contributed by atoms with Crippen LogP contribution in [0.1, 0.15) is 43.4 Å². The van der Waals surface area contributed by atoms with Gasteiger partial charge in [-0.05, 0) is 38.1 Å². The van der Waals surface area contributed by atoms with Crippen LogP contribution in [0, 0.1) is 0 Å². The van der Waals surface area contributed by atoms with Gasteiger partial charge >= 0.3 is 12.0 Å². The van der Waals surface area contributed by atoms with Crippen LogP contribution < -0.4 is 10.6 Å². The number of rotatable bonds is 7. The molecule has 8 nitrogen and oxygen atoms in total. The van der Waals surface area contributed by atoms with E-state index in [9.17, 15) is 9.59 Å². The Labute approximate surface area is 156 Å². The number of nitrogens with one attached hydrogen (secondary N) is 2. The van der Waals surface area contributed by atoms with Crippen molar-refractivity contribution in [2.45, 2.75) is 50.6 Å². The fraction of sp³-hybridized carbons (Fsp3) is 0.706. The number of hydrogen-bond donors (Lipinski definition) is 3. The average Bonchev–Trinajstić information content (AvgIpc) is 3.05. The minimum absolute atomic E-state index is 0.0498. The van der Waals surface area contributed by atoms with Crippen molar-refractivity contribution < 1.29 is 19.4 Å². The summed E-state index contributed by atoms with van der Waals surface area (Å²) in [5.74, 6) is -0.341. The van der Waals surface area contributed by atoms with E-state index in [1.807, 2.05) is 18.0 Å². The number of carbonyl (C=O) groups excluding carboxylic acids is 1. The Bertz CT molecular complexity index is 626. The number of amides is 2. The highest BCUT2D eigenvalue weighted by molar-refractivity contribution is 7.15. The summed E-state index contributed by atoms with van der Waals surface area (Å²) in [4.78, 5) is 30.4. The summed E-state index contributed by atoms with van der Waals surface area (Å²) in [6.07, 6.45) is 5.41. The van der Waals surface area contributed by atoms with Crippen molar-refractivity contribution in [1.82, 2.24) is 15.2 Å². The summed E-state index contributed by atoms with van der Waals surface area (Å²) in [7, 11) is 0. The smallest absolute Gasteiger partial charge is 0.321 e. The third-order valence-electron chi connectivity index (χ3n) is 5.08. The molecule has 9 heteroatoms. The van der Waals surface area contributed by atoms with Gasteiger partial charge in [-0.1, -0.05) is 6.92 Å². The molecule has 144 valence electrons.